The van der Waals surface area contributed by atoms with Crippen LogP contribution in [0.25, 0.3) is 33.5 Å². The average Bonchev–Trinajstić information content (AvgIpc) is 3.76. The fraction of sp³-hybridized carbons (Fsp3) is 0.410. The molecule has 3 aliphatic rings. The molecule has 9 nitrogen and oxygen atoms in total. The van der Waals surface area contributed by atoms with E-state index in [9.17, 15) is 14.0 Å². The molecule has 1 aliphatic carbocycles. The zero-order chi connectivity index (χ0) is 33.8. The van der Waals surface area contributed by atoms with E-state index in [0.29, 0.717) is 41.9 Å². The van der Waals surface area contributed by atoms with E-state index >= 15 is 0 Å². The number of imidazole rings is 1. The number of rotatable bonds is 8. The van der Waals surface area contributed by atoms with Crippen molar-refractivity contribution in [3.05, 3.63) is 77.6 Å². The number of hydrogen-bond acceptors (Lipinski definition) is 4. The number of likely N-dealkylation sites (tertiary alicyclic amines) is 2. The van der Waals surface area contributed by atoms with Crippen LogP contribution in [0.1, 0.15) is 60.9 Å². The number of ether oxygens (including phenoxy) is 1. The van der Waals surface area contributed by atoms with Crippen LogP contribution in [-0.2, 0) is 13.6 Å². The molecule has 2 aliphatic heterocycles. The number of anilines is 1. The summed E-state index contributed by atoms with van der Waals surface area (Å²) in [4.78, 5) is 35.7. The number of fused-ring (bicyclic) bond motifs is 2. The molecule has 49 heavy (non-hydrogen) atoms. The van der Waals surface area contributed by atoms with Gasteiger partial charge < -0.3 is 29.0 Å². The molecule has 3 amide bonds. The van der Waals surface area contributed by atoms with Crippen molar-refractivity contribution in [3.8, 4) is 17.3 Å². The Kier molecular flexibility index (Phi) is 8.04. The molecule has 1 saturated carbocycles. The molecule has 2 aromatic heterocycles. The van der Waals surface area contributed by atoms with Crippen LogP contribution in [0.15, 0.2) is 60.7 Å². The van der Waals surface area contributed by atoms with Gasteiger partial charge in [0, 0.05) is 62.3 Å². The lowest BCUT2D eigenvalue weighted by atomic mass is 9.90. The minimum Gasteiger partial charge on any atom is -0.494 e. The van der Waals surface area contributed by atoms with Crippen molar-refractivity contribution in [3.63, 3.8) is 0 Å². The van der Waals surface area contributed by atoms with E-state index in [1.54, 1.807) is 24.1 Å². The van der Waals surface area contributed by atoms with E-state index in [1.807, 2.05) is 24.1 Å². The highest BCUT2D eigenvalue weighted by Gasteiger charge is 2.35. The molecule has 10 heteroatoms. The van der Waals surface area contributed by atoms with Gasteiger partial charge in [0.25, 0.3) is 5.91 Å². The van der Waals surface area contributed by atoms with Gasteiger partial charge >= 0.3 is 6.03 Å². The van der Waals surface area contributed by atoms with Crippen LogP contribution >= 0.6 is 0 Å². The Morgan fingerprint density at radius 2 is 1.76 bits per heavy atom. The Bertz CT molecular complexity index is 2060. The van der Waals surface area contributed by atoms with Crippen LogP contribution < -0.4 is 10.1 Å². The van der Waals surface area contributed by atoms with Crippen molar-refractivity contribution in [1.29, 1.82) is 0 Å². The first kappa shape index (κ1) is 31.4. The molecular formula is C39H43FN6O3. The maximum atomic E-state index is 13.7. The topological polar surface area (TPSA) is 84.6 Å². The van der Waals surface area contributed by atoms with E-state index in [4.69, 9.17) is 9.72 Å². The third kappa shape index (κ3) is 5.81. The predicted molar refractivity (Wildman–Crippen MR) is 190 cm³/mol. The monoisotopic (exact) mass is 662 g/mol. The number of nitrogens with one attached hydrogen (secondary N) is 1. The summed E-state index contributed by atoms with van der Waals surface area (Å²) in [5.74, 6) is 2.54. The molecule has 0 radical (unpaired) electrons. The fourth-order valence-corrected chi connectivity index (χ4v) is 7.78. The van der Waals surface area contributed by atoms with Gasteiger partial charge in [-0.2, -0.15) is 0 Å². The summed E-state index contributed by atoms with van der Waals surface area (Å²) in [6.45, 7) is 5.88. The Labute approximate surface area is 285 Å². The molecule has 1 N–H and O–H groups in total. The highest BCUT2D eigenvalue weighted by molar-refractivity contribution is 6.00. The van der Waals surface area contributed by atoms with Crippen molar-refractivity contribution < 1.29 is 18.7 Å². The third-order valence-electron chi connectivity index (χ3n) is 10.8. The van der Waals surface area contributed by atoms with Crippen molar-refractivity contribution in [2.45, 2.75) is 51.5 Å². The zero-order valence-electron chi connectivity index (χ0n) is 28.4. The lowest BCUT2D eigenvalue weighted by Gasteiger charge is -2.39. The maximum Gasteiger partial charge on any atom is 0.321 e. The van der Waals surface area contributed by atoms with Gasteiger partial charge in [-0.15, -0.1) is 0 Å². The van der Waals surface area contributed by atoms with Gasteiger partial charge in [-0.3, -0.25) is 4.79 Å². The molecule has 0 unspecified atom stereocenters. The Morgan fingerprint density at radius 3 is 2.49 bits per heavy atom. The van der Waals surface area contributed by atoms with E-state index < -0.39 is 0 Å². The average molecular weight is 663 g/mol. The summed E-state index contributed by atoms with van der Waals surface area (Å²) in [5, 5.41) is 4.03. The first-order valence-electron chi connectivity index (χ1n) is 17.6. The summed E-state index contributed by atoms with van der Waals surface area (Å²) in [6, 6.07) is 18.1. The van der Waals surface area contributed by atoms with Gasteiger partial charge in [0.1, 0.15) is 17.1 Å². The molecule has 5 aromatic rings. The standard InChI is InChI=1S/C39H43FN6O3/c1-4-24-7-6-16-44(20-24)38(47)27-17-32-36(34(19-27)49-3)43(2)37(42-32)33-18-26-8-5-9-31(35(26)46(33)21-25-10-11-25)28-22-45(23-28)39(48)41-30-14-12-29(40)13-15-30/h5,8-9,12-15,17-19,24-25,28H,4,6-7,10-11,16,20-23H2,1-3H3,(H,41,48)/t24-/m1/s1. The van der Waals surface area contributed by atoms with Crippen LogP contribution in [0.3, 0.4) is 0 Å². The van der Waals surface area contributed by atoms with E-state index in [2.05, 4.69) is 45.6 Å². The quantitative estimate of drug-likeness (QED) is 0.185. The summed E-state index contributed by atoms with van der Waals surface area (Å²) in [6.07, 6.45) is 5.71. The number of carbonyl (C=O) groups is 2. The third-order valence-corrected chi connectivity index (χ3v) is 10.8. The van der Waals surface area contributed by atoms with E-state index in [-0.39, 0.29) is 23.7 Å². The van der Waals surface area contributed by atoms with Gasteiger partial charge in [0.05, 0.1) is 23.8 Å². The molecule has 2 saturated heterocycles. The van der Waals surface area contributed by atoms with E-state index in [0.717, 1.165) is 60.4 Å². The number of aromatic nitrogens is 3. The summed E-state index contributed by atoms with van der Waals surface area (Å²) >= 11 is 0. The van der Waals surface area contributed by atoms with Crippen LogP contribution in [0, 0.1) is 17.7 Å². The smallest absolute Gasteiger partial charge is 0.321 e. The van der Waals surface area contributed by atoms with Crippen molar-refractivity contribution in [2.24, 2.45) is 18.9 Å². The first-order chi connectivity index (χ1) is 23.8. The number of para-hydroxylation sites is 1. The maximum absolute atomic E-state index is 13.7. The Hall–Kier alpha value is -4.86. The molecule has 1 atom stereocenters. The summed E-state index contributed by atoms with van der Waals surface area (Å²) in [7, 11) is 3.68. The second kappa shape index (κ2) is 12.5. The van der Waals surface area contributed by atoms with Gasteiger partial charge in [0.2, 0.25) is 0 Å². The first-order valence-corrected chi connectivity index (χ1v) is 17.6. The minimum atomic E-state index is -0.334. The normalized spacial score (nSPS) is 18.2. The number of methoxy groups -OCH3 is 1. The van der Waals surface area contributed by atoms with Crippen LogP contribution in [0.2, 0.25) is 0 Å². The van der Waals surface area contributed by atoms with Crippen LogP contribution in [-0.4, -0.2) is 69.1 Å². The number of amides is 3. The number of nitrogens with zero attached hydrogens (tertiary/aromatic N) is 5. The SMILES string of the molecule is CC[C@@H]1CCCN(C(=O)c2cc(OC)c3c(c2)nc(-c2cc4cccc(C5CN(C(=O)Nc6ccc(F)cc6)C5)c4n2CC2CC2)n3C)C1. The highest BCUT2D eigenvalue weighted by atomic mass is 19.1. The predicted octanol–water partition coefficient (Wildman–Crippen LogP) is 7.65. The van der Waals surface area contributed by atoms with Crippen LogP contribution in [0.5, 0.6) is 5.75 Å². The molecule has 3 aromatic carbocycles. The highest BCUT2D eigenvalue weighted by Crippen LogP contribution is 2.41. The number of urea groups is 1. The largest absolute Gasteiger partial charge is 0.494 e. The van der Waals surface area contributed by atoms with Crippen molar-refractivity contribution in [1.82, 2.24) is 23.9 Å². The number of piperidine rings is 1. The van der Waals surface area contributed by atoms with E-state index in [1.165, 1.54) is 42.5 Å². The molecule has 254 valence electrons. The molecule has 8 rings (SSSR count). The van der Waals surface area contributed by atoms with Crippen molar-refractivity contribution >= 4 is 39.6 Å². The molecule has 4 heterocycles. The Balaban J connectivity index is 1.13. The second-order valence-electron chi connectivity index (χ2n) is 14.1. The molecule has 0 bridgehead atoms. The fourth-order valence-electron chi connectivity index (χ4n) is 7.78. The number of benzene rings is 3. The lowest BCUT2D eigenvalue weighted by molar-refractivity contribution is 0.0671. The summed E-state index contributed by atoms with van der Waals surface area (Å²) in [5.41, 5.74) is 6.26. The molecular weight excluding hydrogens is 619 g/mol. The van der Waals surface area contributed by atoms with Gasteiger partial charge in [-0.05, 0) is 85.5 Å². The number of carbonyl (C=O) groups excluding carboxylic acids is 2. The summed E-state index contributed by atoms with van der Waals surface area (Å²) < 4.78 is 23.8. The second-order valence-corrected chi connectivity index (χ2v) is 14.1. The Morgan fingerprint density at radius 1 is 0.959 bits per heavy atom. The van der Waals surface area contributed by atoms with Crippen molar-refractivity contribution in [2.75, 3.05) is 38.6 Å². The van der Waals surface area contributed by atoms with Crippen LogP contribution in [0.4, 0.5) is 14.9 Å². The molecule has 0 spiro atoms. The number of hydrogen-bond donors (Lipinski definition) is 1. The number of aryl methyl sites for hydroxylation is 1. The minimum absolute atomic E-state index is 0.0407. The molecule has 3 fully saturated rings. The zero-order valence-corrected chi connectivity index (χ0v) is 28.4. The van der Waals surface area contributed by atoms with Gasteiger partial charge in [0.15, 0.2) is 5.82 Å². The van der Waals surface area contributed by atoms with Gasteiger partial charge in [-0.25, -0.2) is 14.2 Å². The van der Waals surface area contributed by atoms with Gasteiger partial charge in [-0.1, -0.05) is 31.5 Å². The number of halogens is 1. The lowest BCUT2D eigenvalue weighted by Crippen LogP contribution is -2.50.